The largest absolute Gasteiger partial charge is 0.476 e. The molecule has 1 amide bonds. The Morgan fingerprint density at radius 2 is 2.10 bits per heavy atom. The average molecular weight is 281 g/mol. The number of nitrogens with zero attached hydrogens (tertiary/aromatic N) is 1. The fraction of sp³-hybridized carbons (Fsp3) is 0.571. The van der Waals surface area contributed by atoms with Gasteiger partial charge in [-0.15, -0.1) is 0 Å². The number of carbonyl (C=O) groups excluding carboxylic acids is 1. The van der Waals surface area contributed by atoms with Crippen molar-refractivity contribution < 1.29 is 14.3 Å². The highest BCUT2D eigenvalue weighted by atomic mass is 16.6. The van der Waals surface area contributed by atoms with Crippen LogP contribution in [0.1, 0.15) is 27.7 Å². The van der Waals surface area contributed by atoms with E-state index < -0.39 is 11.7 Å². The second kappa shape index (κ2) is 7.57. The molecule has 1 heterocycles. The van der Waals surface area contributed by atoms with E-state index in [4.69, 9.17) is 9.47 Å². The van der Waals surface area contributed by atoms with Crippen molar-refractivity contribution in [2.75, 3.05) is 25.0 Å². The number of amides is 1. The Kier molecular flexibility index (Phi) is 6.09. The van der Waals surface area contributed by atoms with Crippen LogP contribution in [0.2, 0.25) is 0 Å². The number of pyridine rings is 1. The van der Waals surface area contributed by atoms with Crippen LogP contribution in [0, 0.1) is 0 Å². The van der Waals surface area contributed by atoms with Gasteiger partial charge in [-0.2, -0.15) is 0 Å². The number of hydrogen-bond acceptors (Lipinski definition) is 5. The molecule has 0 aliphatic carbocycles. The molecule has 0 atom stereocenters. The molecule has 0 aromatic carbocycles. The van der Waals surface area contributed by atoms with E-state index in [1.807, 2.05) is 39.8 Å². The van der Waals surface area contributed by atoms with Crippen LogP contribution >= 0.6 is 0 Å². The minimum atomic E-state index is -0.483. The molecule has 0 saturated carbocycles. The Bertz CT molecular complexity index is 430. The molecule has 0 aliphatic rings. The first-order valence-electron chi connectivity index (χ1n) is 6.71. The Balaban J connectivity index is 2.33. The maximum Gasteiger partial charge on any atom is 0.407 e. The summed E-state index contributed by atoms with van der Waals surface area (Å²) in [5.74, 6) is 0.562. The van der Waals surface area contributed by atoms with Gasteiger partial charge in [-0.3, -0.25) is 0 Å². The highest BCUT2D eigenvalue weighted by Gasteiger charge is 2.15. The number of hydrogen-bond donors (Lipinski definition) is 2. The van der Waals surface area contributed by atoms with Gasteiger partial charge in [0.15, 0.2) is 0 Å². The van der Waals surface area contributed by atoms with Crippen molar-refractivity contribution in [3.05, 3.63) is 18.3 Å². The SMILES string of the molecule is CCOc1ncccc1NCCNC(=O)OC(C)(C)C. The summed E-state index contributed by atoms with van der Waals surface area (Å²) in [5, 5.41) is 5.83. The first kappa shape index (κ1) is 16.1. The van der Waals surface area contributed by atoms with Crippen LogP contribution in [0.4, 0.5) is 10.5 Å². The summed E-state index contributed by atoms with van der Waals surface area (Å²) in [6, 6.07) is 3.71. The predicted molar refractivity (Wildman–Crippen MR) is 78.1 cm³/mol. The third kappa shape index (κ3) is 6.26. The van der Waals surface area contributed by atoms with Gasteiger partial charge in [-0.25, -0.2) is 9.78 Å². The third-order valence-corrected chi connectivity index (χ3v) is 2.16. The zero-order valence-electron chi connectivity index (χ0n) is 12.5. The van der Waals surface area contributed by atoms with E-state index in [0.29, 0.717) is 25.6 Å². The van der Waals surface area contributed by atoms with Crippen molar-refractivity contribution in [2.45, 2.75) is 33.3 Å². The molecule has 6 nitrogen and oxygen atoms in total. The van der Waals surface area contributed by atoms with E-state index in [9.17, 15) is 4.79 Å². The highest BCUT2D eigenvalue weighted by Crippen LogP contribution is 2.19. The van der Waals surface area contributed by atoms with Gasteiger partial charge in [-0.05, 0) is 39.8 Å². The van der Waals surface area contributed by atoms with E-state index in [1.165, 1.54) is 0 Å². The molecule has 6 heteroatoms. The second-order valence-electron chi connectivity index (χ2n) is 5.14. The third-order valence-electron chi connectivity index (χ3n) is 2.16. The Labute approximate surface area is 119 Å². The number of carbonyl (C=O) groups is 1. The van der Waals surface area contributed by atoms with E-state index in [1.54, 1.807) is 6.20 Å². The predicted octanol–water partition coefficient (Wildman–Crippen LogP) is 2.42. The molecular formula is C14H23N3O3. The minimum Gasteiger partial charge on any atom is -0.476 e. The zero-order chi connectivity index (χ0) is 15.0. The number of rotatable bonds is 6. The van der Waals surface area contributed by atoms with Crippen molar-refractivity contribution in [1.82, 2.24) is 10.3 Å². The Hall–Kier alpha value is -1.98. The molecule has 1 rings (SSSR count). The molecular weight excluding hydrogens is 258 g/mol. The van der Waals surface area contributed by atoms with E-state index >= 15 is 0 Å². The zero-order valence-corrected chi connectivity index (χ0v) is 12.5. The molecule has 0 unspecified atom stereocenters. The van der Waals surface area contributed by atoms with Crippen LogP contribution in [0.25, 0.3) is 0 Å². The van der Waals surface area contributed by atoms with Crippen molar-refractivity contribution in [1.29, 1.82) is 0 Å². The molecule has 0 saturated heterocycles. The molecule has 0 bridgehead atoms. The van der Waals surface area contributed by atoms with Gasteiger partial charge < -0.3 is 20.1 Å². The smallest absolute Gasteiger partial charge is 0.407 e. The molecule has 1 aromatic heterocycles. The Morgan fingerprint density at radius 1 is 1.35 bits per heavy atom. The molecule has 20 heavy (non-hydrogen) atoms. The first-order chi connectivity index (χ1) is 9.42. The average Bonchev–Trinajstić information content (AvgIpc) is 2.34. The van der Waals surface area contributed by atoms with E-state index in [0.717, 1.165) is 5.69 Å². The van der Waals surface area contributed by atoms with Crippen molar-refractivity contribution >= 4 is 11.8 Å². The minimum absolute atomic E-state index is 0.421. The number of ether oxygens (including phenoxy) is 2. The lowest BCUT2D eigenvalue weighted by Gasteiger charge is -2.19. The lowest BCUT2D eigenvalue weighted by molar-refractivity contribution is 0.0530. The summed E-state index contributed by atoms with van der Waals surface area (Å²) in [6.45, 7) is 8.96. The van der Waals surface area contributed by atoms with E-state index in [2.05, 4.69) is 15.6 Å². The summed E-state index contributed by atoms with van der Waals surface area (Å²) in [5.41, 5.74) is 0.323. The maximum absolute atomic E-state index is 11.4. The maximum atomic E-state index is 11.4. The van der Waals surface area contributed by atoms with Crippen LogP contribution < -0.4 is 15.4 Å². The van der Waals surface area contributed by atoms with Crippen LogP contribution in [0.15, 0.2) is 18.3 Å². The van der Waals surface area contributed by atoms with Gasteiger partial charge in [-0.1, -0.05) is 0 Å². The number of nitrogens with one attached hydrogen (secondary N) is 2. The fourth-order valence-electron chi connectivity index (χ4n) is 1.45. The van der Waals surface area contributed by atoms with Crippen molar-refractivity contribution in [3.63, 3.8) is 0 Å². The van der Waals surface area contributed by atoms with Crippen LogP contribution in [-0.2, 0) is 4.74 Å². The van der Waals surface area contributed by atoms with Gasteiger partial charge in [0.1, 0.15) is 5.60 Å². The van der Waals surface area contributed by atoms with Gasteiger partial charge in [0.25, 0.3) is 0 Å². The second-order valence-corrected chi connectivity index (χ2v) is 5.14. The summed E-state index contributed by atoms with van der Waals surface area (Å²) in [7, 11) is 0. The van der Waals surface area contributed by atoms with Crippen molar-refractivity contribution in [3.8, 4) is 5.88 Å². The number of alkyl carbamates (subject to hydrolysis) is 1. The standard InChI is InChI=1S/C14H23N3O3/c1-5-19-12-11(7-6-8-16-12)15-9-10-17-13(18)20-14(2,3)4/h6-8,15H,5,9-10H2,1-4H3,(H,17,18). The normalized spacial score (nSPS) is 10.8. The molecule has 0 spiro atoms. The number of anilines is 1. The summed E-state index contributed by atoms with van der Waals surface area (Å²) in [4.78, 5) is 15.6. The molecule has 0 aliphatic heterocycles. The van der Waals surface area contributed by atoms with Crippen molar-refractivity contribution in [2.24, 2.45) is 0 Å². The lowest BCUT2D eigenvalue weighted by Crippen LogP contribution is -2.35. The van der Waals surface area contributed by atoms with Crippen LogP contribution in [-0.4, -0.2) is 36.4 Å². The summed E-state index contributed by atoms with van der Waals surface area (Å²) >= 11 is 0. The topological polar surface area (TPSA) is 72.5 Å². The molecule has 112 valence electrons. The van der Waals surface area contributed by atoms with E-state index in [-0.39, 0.29) is 0 Å². The molecule has 0 radical (unpaired) electrons. The fourth-order valence-corrected chi connectivity index (χ4v) is 1.45. The Morgan fingerprint density at radius 3 is 2.75 bits per heavy atom. The monoisotopic (exact) mass is 281 g/mol. The van der Waals surface area contributed by atoms with Gasteiger partial charge in [0, 0.05) is 19.3 Å². The van der Waals surface area contributed by atoms with Crippen LogP contribution in [0.5, 0.6) is 5.88 Å². The molecule has 2 N–H and O–H groups in total. The van der Waals surface area contributed by atoms with Gasteiger partial charge >= 0.3 is 6.09 Å². The first-order valence-corrected chi connectivity index (χ1v) is 6.71. The summed E-state index contributed by atoms with van der Waals surface area (Å²) < 4.78 is 10.5. The van der Waals surface area contributed by atoms with Gasteiger partial charge in [0.2, 0.25) is 5.88 Å². The quantitative estimate of drug-likeness (QED) is 0.783. The lowest BCUT2D eigenvalue weighted by atomic mass is 10.2. The molecule has 1 aromatic rings. The van der Waals surface area contributed by atoms with Gasteiger partial charge in [0.05, 0.1) is 12.3 Å². The number of aromatic nitrogens is 1. The summed E-state index contributed by atoms with van der Waals surface area (Å²) in [6.07, 6.45) is 1.25. The molecule has 0 fully saturated rings. The van der Waals surface area contributed by atoms with Crippen LogP contribution in [0.3, 0.4) is 0 Å². The highest BCUT2D eigenvalue weighted by molar-refractivity contribution is 5.67.